The van der Waals surface area contributed by atoms with E-state index in [1.807, 2.05) is 323 Å². The molecule has 0 amide bonds. The number of halogens is 2. The fourth-order valence-corrected chi connectivity index (χ4v) is 15.3. The van der Waals surface area contributed by atoms with Crippen molar-refractivity contribution in [2.75, 3.05) is 0 Å². The number of aliphatic carboxylic acids is 2. The van der Waals surface area contributed by atoms with Gasteiger partial charge < -0.3 is 48.1 Å². The molecule has 4 heterocycles. The van der Waals surface area contributed by atoms with E-state index in [9.17, 15) is 33.4 Å². The van der Waals surface area contributed by atoms with Gasteiger partial charge >= 0.3 is 11.9 Å². The van der Waals surface area contributed by atoms with Gasteiger partial charge in [-0.15, -0.1) is 10.2 Å². The van der Waals surface area contributed by atoms with Crippen molar-refractivity contribution < 1.29 is 71.3 Å². The number of carboxylic acid groups (broad SMARTS) is 2. The first kappa shape index (κ1) is 96.1. The van der Waals surface area contributed by atoms with E-state index in [0.29, 0.717) is 129 Å². The monoisotopic (exact) mass is 1820 g/mol. The lowest BCUT2D eigenvalue weighted by molar-refractivity contribution is -0.142. The Balaban J connectivity index is 0.000000145. The number of para-hydroxylation sites is 4. The lowest BCUT2D eigenvalue weighted by atomic mass is 9.92. The molecule has 0 aliphatic rings. The van der Waals surface area contributed by atoms with Gasteiger partial charge in [-0.05, 0) is 204 Å². The number of carbonyl (C=O) groups is 3. The van der Waals surface area contributed by atoms with E-state index in [1.165, 1.54) is 12.1 Å². The first-order valence-electron chi connectivity index (χ1n) is 45.5. The topological polar surface area (TPSA) is 259 Å². The van der Waals surface area contributed by atoms with Crippen LogP contribution in [0.25, 0.3) is 55.6 Å². The molecule has 17 rings (SSSR count). The minimum atomic E-state index is -0.762. The van der Waals surface area contributed by atoms with Gasteiger partial charge in [-0.3, -0.25) is 14.4 Å². The fourth-order valence-electron chi connectivity index (χ4n) is 15.3. The Morgan fingerprint density at radius 3 is 1.32 bits per heavy atom. The number of tetrazole rings is 1. The summed E-state index contributed by atoms with van der Waals surface area (Å²) in [7, 11) is 0. The molecule has 3 unspecified atom stereocenters. The minimum Gasteiger partial charge on any atom is -0.489 e. The molecule has 13 aromatic carbocycles. The van der Waals surface area contributed by atoms with Crippen molar-refractivity contribution in [3.63, 3.8) is 0 Å². The van der Waals surface area contributed by atoms with Crippen LogP contribution >= 0.6 is 0 Å². The van der Waals surface area contributed by atoms with Gasteiger partial charge in [-0.2, -0.15) is 5.21 Å². The van der Waals surface area contributed by atoms with Crippen LogP contribution in [-0.2, 0) is 79.9 Å². The standard InChI is InChI=1S/C30H29FO4.C30H29NO3.C29H29NO4.C25H20FN5O2/c1-2-7-24(30(32)33)17-23-8-3-4-9-25(23)20-35-27-12-6-11-26(18-27)34-19-21-14-15-22-10-5-13-29(31)28(22)16-21;1-3-8-29(22(2)32)34-30-12-7-5-10-25(30)16-13-23-14-19-27(20-15-23)33-21-26-18-17-24-9-4-6-11-28(24)31-26;1-2-8-23(29(31)32)17-22-10-3-4-11-24(22)19-33-26-12-7-13-27(18-26)34-20-25-16-15-21-9-5-6-14-28(21)30-25;26-23-7-3-6-17-8-9-20(27-25(17)23)16-33-22-12-10-21(11-13-22)32-15-19-5-2-1-4-18(19)14-24-28-30-31-29-24/h3-6,8-16,18,24H,2,7,17,19-20H2,1H3,(H,32,33);4-7,9-20,29H,3,8,21H2,1-2H3;3-7,9-16,18,23H,2,8,17,19-20H2,1H3,(H,31,32);1-13H,14-16H2,(H,28,29,30,31)/b;16-13-;;. The van der Waals surface area contributed by atoms with Crippen LogP contribution in [0.3, 0.4) is 0 Å². The molecule has 136 heavy (non-hydrogen) atoms. The largest absolute Gasteiger partial charge is 0.489 e. The van der Waals surface area contributed by atoms with Crippen LogP contribution in [0.1, 0.15) is 139 Å². The van der Waals surface area contributed by atoms with Crippen molar-refractivity contribution in [1.82, 2.24) is 35.6 Å². The normalized spacial score (nSPS) is 11.7. The second kappa shape index (κ2) is 49.5. The third-order valence-electron chi connectivity index (χ3n) is 22.6. The number of pyridine rings is 3. The summed E-state index contributed by atoms with van der Waals surface area (Å²) < 4.78 is 75.7. The lowest BCUT2D eigenvalue weighted by Crippen LogP contribution is -2.25. The summed E-state index contributed by atoms with van der Waals surface area (Å²) in [5, 5.41) is 37.6. The van der Waals surface area contributed by atoms with Crippen LogP contribution in [0.2, 0.25) is 0 Å². The number of hydrogen-bond donors (Lipinski definition) is 3. The van der Waals surface area contributed by atoms with Gasteiger partial charge in [0.15, 0.2) is 17.7 Å². The number of nitrogens with zero attached hydrogens (tertiary/aromatic N) is 6. The zero-order chi connectivity index (χ0) is 94.6. The van der Waals surface area contributed by atoms with E-state index in [1.54, 1.807) is 19.1 Å². The molecule has 0 aliphatic carbocycles. The summed E-state index contributed by atoms with van der Waals surface area (Å²) in [6.45, 7) is 10.1. The molecule has 0 bridgehead atoms. The quantitative estimate of drug-likeness (QED) is 0.0302. The summed E-state index contributed by atoms with van der Waals surface area (Å²) in [6.07, 6.45) is 9.79. The molecule has 3 atom stereocenters. The molecule has 4 aromatic heterocycles. The Hall–Kier alpha value is -16.0. The van der Waals surface area contributed by atoms with E-state index in [-0.39, 0.29) is 29.9 Å². The number of nitrogens with one attached hydrogen (secondary N) is 1. The number of carbonyl (C=O) groups excluding carboxylic acids is 1. The second-order valence-electron chi connectivity index (χ2n) is 32.7. The number of rotatable bonds is 40. The van der Waals surface area contributed by atoms with Crippen LogP contribution in [0.5, 0.6) is 46.0 Å². The molecule has 0 aliphatic heterocycles. The molecule has 0 saturated heterocycles. The average molecular weight is 1820 g/mol. The van der Waals surface area contributed by atoms with Gasteiger partial charge in [-0.25, -0.2) is 23.7 Å². The third-order valence-corrected chi connectivity index (χ3v) is 22.6. The number of aromatic amines is 1. The van der Waals surface area contributed by atoms with Crippen molar-refractivity contribution in [1.29, 1.82) is 0 Å². The Kier molecular flexibility index (Phi) is 35.0. The predicted molar refractivity (Wildman–Crippen MR) is 526 cm³/mol. The molecule has 17 aromatic rings. The molecule has 0 radical (unpaired) electrons. The van der Waals surface area contributed by atoms with Crippen LogP contribution in [-0.4, -0.2) is 69.6 Å². The summed E-state index contributed by atoms with van der Waals surface area (Å²) in [6, 6.07) is 105. The predicted octanol–water partition coefficient (Wildman–Crippen LogP) is 25.4. The molecule has 690 valence electrons. The van der Waals surface area contributed by atoms with Gasteiger partial charge in [0, 0.05) is 45.7 Å². The number of Topliss-reactive ketones (excluding diaryl/α,β-unsaturated/α-hetero) is 1. The van der Waals surface area contributed by atoms with Crippen molar-refractivity contribution >= 4 is 73.4 Å². The summed E-state index contributed by atoms with van der Waals surface area (Å²) >= 11 is 0. The molecule has 3 N–H and O–H groups in total. The second-order valence-corrected chi connectivity index (χ2v) is 32.7. The molecule has 0 fully saturated rings. The zero-order valence-corrected chi connectivity index (χ0v) is 76.3. The first-order valence-corrected chi connectivity index (χ1v) is 45.5. The van der Waals surface area contributed by atoms with Gasteiger partial charge in [0.2, 0.25) is 0 Å². The third kappa shape index (κ3) is 28.5. The summed E-state index contributed by atoms with van der Waals surface area (Å²) in [5.41, 5.74) is 13.6. The van der Waals surface area contributed by atoms with E-state index in [2.05, 4.69) is 54.6 Å². The van der Waals surface area contributed by atoms with Crippen molar-refractivity contribution in [3.05, 3.63) is 418 Å². The molecule has 20 nitrogen and oxygen atoms in total. The number of ether oxygens (including phenoxy) is 8. The highest BCUT2D eigenvalue weighted by Gasteiger charge is 2.22. The van der Waals surface area contributed by atoms with Gasteiger partial charge in [-0.1, -0.05) is 264 Å². The van der Waals surface area contributed by atoms with E-state index in [4.69, 9.17) is 37.9 Å². The number of fused-ring (bicyclic) bond motifs is 4. The maximum atomic E-state index is 14.1. The number of hydrogen-bond acceptors (Lipinski definition) is 17. The van der Waals surface area contributed by atoms with Crippen molar-refractivity contribution in [2.24, 2.45) is 11.8 Å². The van der Waals surface area contributed by atoms with E-state index >= 15 is 0 Å². The van der Waals surface area contributed by atoms with Crippen LogP contribution in [0, 0.1) is 23.5 Å². The molecule has 22 heteroatoms. The number of ketones is 1. The Labute approximate surface area is 789 Å². The summed E-state index contributed by atoms with van der Waals surface area (Å²) in [4.78, 5) is 48.8. The smallest absolute Gasteiger partial charge is 0.306 e. The van der Waals surface area contributed by atoms with Crippen LogP contribution < -0.4 is 37.9 Å². The van der Waals surface area contributed by atoms with Crippen molar-refractivity contribution in [2.45, 2.75) is 138 Å². The SMILES string of the molecule is CCCC(Cc1ccccc1COc1cccc(OCc2ccc3cccc(F)c3c2)c1)C(=O)O.CCCC(Cc1ccccc1COc1cccc(OCc2ccc3ccccc3n2)c1)C(=O)O.CCCC(Oc1ccccc1/C=C\c1ccc(OCc2ccc3ccccc3n2)cc1)C(C)=O.Fc1cccc2ccc(COc3ccc(OCc4ccccc4Cc4nn[nH]n4)cc3)nc12. The number of benzene rings is 13. The highest BCUT2D eigenvalue weighted by atomic mass is 19.1. The first-order chi connectivity index (χ1) is 66.5. The number of H-pyrrole nitrogens is 1. The van der Waals surface area contributed by atoms with Gasteiger partial charge in [0.05, 0.1) is 40.0 Å². The Bertz CT molecular complexity index is 6820. The average Bonchev–Trinajstić information content (AvgIpc) is 1.07. The Morgan fingerprint density at radius 1 is 0.375 bits per heavy atom. The van der Waals surface area contributed by atoms with Crippen molar-refractivity contribution in [3.8, 4) is 46.0 Å². The number of aromatic nitrogens is 7. The summed E-state index contributed by atoms with van der Waals surface area (Å²) in [5.74, 6) is 3.42. The van der Waals surface area contributed by atoms with E-state index in [0.717, 1.165) is 131 Å². The van der Waals surface area contributed by atoms with Gasteiger partial charge in [0.1, 0.15) is 109 Å². The molecule has 0 saturated carbocycles. The number of carboxylic acids is 2. The maximum absolute atomic E-state index is 14.1. The maximum Gasteiger partial charge on any atom is 0.306 e. The van der Waals surface area contributed by atoms with E-state index < -0.39 is 24.0 Å². The minimum absolute atomic E-state index is 0.0510. The fraction of sp³-hybridized carbons (Fsp3) is 0.202. The molecular weight excluding hydrogens is 1710 g/mol. The Morgan fingerprint density at radius 2 is 0.794 bits per heavy atom. The van der Waals surface area contributed by atoms with Gasteiger partial charge in [0.25, 0.3) is 0 Å². The van der Waals surface area contributed by atoms with Crippen LogP contribution in [0.15, 0.2) is 334 Å². The lowest BCUT2D eigenvalue weighted by Gasteiger charge is -2.17. The molecular formula is C114H107F2N7O13. The molecule has 0 spiro atoms. The highest BCUT2D eigenvalue weighted by Crippen LogP contribution is 2.32. The highest BCUT2D eigenvalue weighted by molar-refractivity contribution is 5.85. The zero-order valence-electron chi connectivity index (χ0n) is 76.3. The van der Waals surface area contributed by atoms with Crippen LogP contribution in [0.4, 0.5) is 8.78 Å².